The molecule has 1 rings (SSSR count). The maximum absolute atomic E-state index is 12.1. The minimum atomic E-state index is -0.340. The fourth-order valence-corrected chi connectivity index (χ4v) is 2.47. The van der Waals surface area contributed by atoms with E-state index in [1.54, 1.807) is 0 Å². The summed E-state index contributed by atoms with van der Waals surface area (Å²) in [6.45, 7) is 8.23. The fourth-order valence-electron chi connectivity index (χ4n) is 2.47. The van der Waals surface area contributed by atoms with Crippen LogP contribution in [0, 0.1) is 10.8 Å². The van der Waals surface area contributed by atoms with Crippen molar-refractivity contribution >= 4 is 11.8 Å². The number of nitrogens with zero attached hydrogens (tertiary/aromatic N) is 1. The van der Waals surface area contributed by atoms with Gasteiger partial charge in [-0.1, -0.05) is 27.7 Å². The van der Waals surface area contributed by atoms with Crippen LogP contribution in [-0.4, -0.2) is 35.0 Å². The molecular formula is C14H25NO3. The standard InChI is InChI=1S/C14H25NO3/c1-5-14(6-2,10-16)9-15-11(17)7-13(3,4)8-12(15)18/h16H,5-10H2,1-4H3. The molecule has 0 spiro atoms. The van der Waals surface area contributed by atoms with Crippen LogP contribution in [0.4, 0.5) is 0 Å². The summed E-state index contributed by atoms with van der Waals surface area (Å²) in [6, 6.07) is 0. The Morgan fingerprint density at radius 1 is 1.17 bits per heavy atom. The predicted octanol–water partition coefficient (Wildman–Crippen LogP) is 1.96. The molecule has 0 atom stereocenters. The number of aliphatic hydroxyl groups is 1. The molecule has 1 N–H and O–H groups in total. The van der Waals surface area contributed by atoms with Gasteiger partial charge in [-0.3, -0.25) is 14.5 Å². The Kier molecular flexibility index (Phi) is 4.54. The molecule has 4 nitrogen and oxygen atoms in total. The molecule has 4 heteroatoms. The maximum Gasteiger partial charge on any atom is 0.229 e. The molecule has 0 bridgehead atoms. The number of piperidine rings is 1. The molecular weight excluding hydrogens is 230 g/mol. The van der Waals surface area contributed by atoms with Gasteiger partial charge in [0.15, 0.2) is 0 Å². The minimum Gasteiger partial charge on any atom is -0.396 e. The zero-order chi connectivity index (χ0) is 14.0. The van der Waals surface area contributed by atoms with E-state index in [0.717, 1.165) is 12.8 Å². The first-order chi connectivity index (χ1) is 8.29. The third-order valence-corrected chi connectivity index (χ3v) is 4.19. The summed E-state index contributed by atoms with van der Waals surface area (Å²) in [6.07, 6.45) is 2.35. The molecule has 0 unspecified atom stereocenters. The van der Waals surface area contributed by atoms with E-state index in [-0.39, 0.29) is 29.3 Å². The van der Waals surface area contributed by atoms with Crippen LogP contribution in [-0.2, 0) is 9.59 Å². The monoisotopic (exact) mass is 255 g/mol. The Labute approximate surface area is 109 Å². The lowest BCUT2D eigenvalue weighted by Crippen LogP contribution is -2.51. The van der Waals surface area contributed by atoms with Crippen LogP contribution in [0.2, 0.25) is 0 Å². The number of carbonyl (C=O) groups excluding carboxylic acids is 2. The Morgan fingerprint density at radius 3 is 1.94 bits per heavy atom. The van der Waals surface area contributed by atoms with Crippen molar-refractivity contribution in [3.63, 3.8) is 0 Å². The van der Waals surface area contributed by atoms with E-state index in [1.165, 1.54) is 4.90 Å². The molecule has 0 saturated carbocycles. The maximum atomic E-state index is 12.1. The quantitative estimate of drug-likeness (QED) is 0.764. The lowest BCUT2D eigenvalue weighted by Gasteiger charge is -2.40. The number of imide groups is 1. The highest BCUT2D eigenvalue weighted by Crippen LogP contribution is 2.34. The Hall–Kier alpha value is -0.900. The molecule has 0 aliphatic carbocycles. The highest BCUT2D eigenvalue weighted by molar-refractivity contribution is 5.98. The molecule has 1 fully saturated rings. The summed E-state index contributed by atoms with van der Waals surface area (Å²) >= 11 is 0. The van der Waals surface area contributed by atoms with Gasteiger partial charge in [0.2, 0.25) is 11.8 Å². The Bertz CT molecular complexity index is 304. The molecule has 1 saturated heterocycles. The summed E-state index contributed by atoms with van der Waals surface area (Å²) in [7, 11) is 0. The number of hydrogen-bond donors (Lipinski definition) is 1. The van der Waals surface area contributed by atoms with Gasteiger partial charge in [0.25, 0.3) is 0 Å². The minimum absolute atomic E-state index is 0.0143. The van der Waals surface area contributed by atoms with Gasteiger partial charge >= 0.3 is 0 Å². The second-order valence-corrected chi connectivity index (χ2v) is 6.26. The van der Waals surface area contributed by atoms with E-state index in [2.05, 4.69) is 0 Å². The summed E-state index contributed by atoms with van der Waals surface area (Å²) in [5.41, 5.74) is -0.572. The van der Waals surface area contributed by atoms with Crippen LogP contribution < -0.4 is 0 Å². The fraction of sp³-hybridized carbons (Fsp3) is 0.857. The molecule has 104 valence electrons. The molecule has 0 aromatic carbocycles. The molecule has 18 heavy (non-hydrogen) atoms. The van der Waals surface area contributed by atoms with Gasteiger partial charge in [-0.15, -0.1) is 0 Å². The van der Waals surface area contributed by atoms with E-state index in [4.69, 9.17) is 0 Å². The summed E-state index contributed by atoms with van der Waals surface area (Å²) < 4.78 is 0. The summed E-state index contributed by atoms with van der Waals surface area (Å²) in [5, 5.41) is 9.53. The van der Waals surface area contributed by atoms with Crippen LogP contribution >= 0.6 is 0 Å². The van der Waals surface area contributed by atoms with Crippen molar-refractivity contribution in [2.24, 2.45) is 10.8 Å². The van der Waals surface area contributed by atoms with Gasteiger partial charge in [-0.05, 0) is 18.3 Å². The number of hydrogen-bond acceptors (Lipinski definition) is 3. The second-order valence-electron chi connectivity index (χ2n) is 6.26. The van der Waals surface area contributed by atoms with Gasteiger partial charge in [0.1, 0.15) is 0 Å². The average molecular weight is 255 g/mol. The van der Waals surface area contributed by atoms with Crippen LogP contribution in [0.3, 0.4) is 0 Å². The topological polar surface area (TPSA) is 57.6 Å². The Balaban J connectivity index is 2.84. The van der Waals surface area contributed by atoms with Crippen molar-refractivity contribution in [1.82, 2.24) is 4.90 Å². The zero-order valence-corrected chi connectivity index (χ0v) is 12.0. The van der Waals surface area contributed by atoms with Gasteiger partial charge in [0, 0.05) is 24.8 Å². The van der Waals surface area contributed by atoms with Crippen molar-refractivity contribution in [3.8, 4) is 0 Å². The van der Waals surface area contributed by atoms with E-state index >= 15 is 0 Å². The van der Waals surface area contributed by atoms with Crippen molar-refractivity contribution < 1.29 is 14.7 Å². The number of amides is 2. The highest BCUT2D eigenvalue weighted by atomic mass is 16.3. The SMILES string of the molecule is CCC(CC)(CO)CN1C(=O)CC(C)(C)CC1=O. The smallest absolute Gasteiger partial charge is 0.229 e. The first-order valence-electron chi connectivity index (χ1n) is 6.73. The van der Waals surface area contributed by atoms with Gasteiger partial charge in [-0.2, -0.15) is 0 Å². The van der Waals surface area contributed by atoms with Gasteiger partial charge < -0.3 is 5.11 Å². The zero-order valence-electron chi connectivity index (χ0n) is 12.0. The van der Waals surface area contributed by atoms with Gasteiger partial charge in [0.05, 0.1) is 6.61 Å². The van der Waals surface area contributed by atoms with Crippen LogP contribution in [0.15, 0.2) is 0 Å². The van der Waals surface area contributed by atoms with E-state index < -0.39 is 0 Å². The number of aliphatic hydroxyl groups excluding tert-OH is 1. The van der Waals surface area contributed by atoms with E-state index in [0.29, 0.717) is 19.4 Å². The number of rotatable bonds is 5. The molecule has 1 aliphatic heterocycles. The number of carbonyl (C=O) groups is 2. The van der Waals surface area contributed by atoms with Crippen molar-refractivity contribution in [2.75, 3.05) is 13.2 Å². The number of likely N-dealkylation sites (tertiary alicyclic amines) is 1. The molecule has 1 heterocycles. The lowest BCUT2D eigenvalue weighted by atomic mass is 9.78. The molecule has 2 amide bonds. The third-order valence-electron chi connectivity index (χ3n) is 4.19. The molecule has 0 aromatic heterocycles. The third kappa shape index (κ3) is 3.10. The predicted molar refractivity (Wildman–Crippen MR) is 69.8 cm³/mol. The summed E-state index contributed by atoms with van der Waals surface area (Å²) in [5.74, 6) is -0.202. The van der Waals surface area contributed by atoms with Crippen molar-refractivity contribution in [1.29, 1.82) is 0 Å². The van der Waals surface area contributed by atoms with E-state index in [9.17, 15) is 14.7 Å². The second kappa shape index (κ2) is 5.39. The van der Waals surface area contributed by atoms with Crippen LogP contribution in [0.25, 0.3) is 0 Å². The summed E-state index contributed by atoms with van der Waals surface area (Å²) in [4.78, 5) is 25.5. The Morgan fingerprint density at radius 2 is 1.61 bits per heavy atom. The van der Waals surface area contributed by atoms with Crippen LogP contribution in [0.1, 0.15) is 53.4 Å². The van der Waals surface area contributed by atoms with Gasteiger partial charge in [-0.25, -0.2) is 0 Å². The molecule has 0 aromatic rings. The van der Waals surface area contributed by atoms with Crippen molar-refractivity contribution in [2.45, 2.75) is 53.4 Å². The van der Waals surface area contributed by atoms with E-state index in [1.807, 2.05) is 27.7 Å². The first-order valence-corrected chi connectivity index (χ1v) is 6.73. The highest BCUT2D eigenvalue weighted by Gasteiger charge is 2.40. The normalized spacial score (nSPS) is 20.4. The average Bonchev–Trinajstić information content (AvgIpc) is 2.28. The molecule has 1 aliphatic rings. The van der Waals surface area contributed by atoms with Crippen LogP contribution in [0.5, 0.6) is 0 Å². The van der Waals surface area contributed by atoms with Crippen molar-refractivity contribution in [3.05, 3.63) is 0 Å². The lowest BCUT2D eigenvalue weighted by molar-refractivity contribution is -0.155. The largest absolute Gasteiger partial charge is 0.396 e. The molecule has 0 radical (unpaired) electrons. The first kappa shape index (κ1) is 15.2.